The predicted octanol–water partition coefficient (Wildman–Crippen LogP) is 0.710. The summed E-state index contributed by atoms with van der Waals surface area (Å²) >= 11 is 0. The zero-order chi connectivity index (χ0) is 12.4. The van der Waals surface area contributed by atoms with Crippen molar-refractivity contribution in [2.24, 2.45) is 10.2 Å². The number of hydrogen-bond acceptors (Lipinski definition) is 2. The van der Waals surface area contributed by atoms with E-state index in [-0.39, 0.29) is 24.0 Å². The molecule has 2 aromatic heterocycles. The fraction of sp³-hybridized carbons (Fsp3) is 0.0714. The van der Waals surface area contributed by atoms with E-state index < -0.39 is 0 Å². The Labute approximate surface area is 128 Å². The molecule has 0 bridgehead atoms. The van der Waals surface area contributed by atoms with Crippen molar-refractivity contribution in [1.82, 2.24) is 4.98 Å². The van der Waals surface area contributed by atoms with Gasteiger partial charge in [-0.1, -0.05) is 18.2 Å². The highest BCUT2D eigenvalue weighted by Crippen LogP contribution is 2.30. The van der Waals surface area contributed by atoms with E-state index in [1.165, 1.54) is 0 Å². The number of aromatic amines is 2. The molecule has 0 saturated heterocycles. The third-order valence-electron chi connectivity index (χ3n) is 2.82. The molecule has 3 rings (SSSR count). The highest BCUT2D eigenvalue weighted by Gasteiger charge is 2.06. The summed E-state index contributed by atoms with van der Waals surface area (Å²) in [6, 6.07) is 11.9. The molecule has 3 aromatic rings. The van der Waals surface area contributed by atoms with Crippen molar-refractivity contribution in [3.8, 4) is 0 Å². The zero-order valence-corrected chi connectivity index (χ0v) is 12.5. The molecular formula is C14H13IN4. The van der Waals surface area contributed by atoms with Gasteiger partial charge >= 0.3 is 0 Å². The van der Waals surface area contributed by atoms with E-state index in [4.69, 9.17) is 0 Å². The lowest BCUT2D eigenvalue weighted by Gasteiger charge is -1.91. The van der Waals surface area contributed by atoms with Gasteiger partial charge in [-0.25, -0.2) is 4.98 Å². The number of aryl methyl sites for hydroxylation is 1. The van der Waals surface area contributed by atoms with Gasteiger partial charge in [0, 0.05) is 22.7 Å². The Bertz CT molecular complexity index is 704. The molecule has 0 aliphatic heterocycles. The number of azo groups is 1. The van der Waals surface area contributed by atoms with Gasteiger partial charge in [-0.2, -0.15) is 0 Å². The van der Waals surface area contributed by atoms with Gasteiger partial charge in [-0.05, 0) is 19.1 Å². The molecule has 0 aliphatic rings. The Balaban J connectivity index is 0.00000133. The lowest BCUT2D eigenvalue weighted by atomic mass is 10.2. The third-order valence-corrected chi connectivity index (χ3v) is 2.82. The summed E-state index contributed by atoms with van der Waals surface area (Å²) in [5, 5.41) is 9.67. The van der Waals surface area contributed by atoms with Gasteiger partial charge in [0.1, 0.15) is 11.4 Å². The van der Waals surface area contributed by atoms with Crippen LogP contribution in [0.25, 0.3) is 10.9 Å². The number of para-hydroxylation sites is 1. The van der Waals surface area contributed by atoms with E-state index >= 15 is 0 Å². The minimum atomic E-state index is 0. The largest absolute Gasteiger partial charge is 1.00 e. The Morgan fingerprint density at radius 2 is 1.89 bits per heavy atom. The van der Waals surface area contributed by atoms with E-state index in [0.29, 0.717) is 0 Å². The molecule has 0 radical (unpaired) electrons. The first-order valence-corrected chi connectivity index (χ1v) is 5.80. The summed E-state index contributed by atoms with van der Waals surface area (Å²) in [5.41, 5.74) is 3.82. The van der Waals surface area contributed by atoms with E-state index in [1.54, 1.807) is 0 Å². The Morgan fingerprint density at radius 3 is 2.68 bits per heavy atom. The van der Waals surface area contributed by atoms with Crippen molar-refractivity contribution in [2.75, 3.05) is 0 Å². The predicted molar refractivity (Wildman–Crippen MR) is 70.2 cm³/mol. The van der Waals surface area contributed by atoms with Crippen LogP contribution in [0.3, 0.4) is 0 Å². The monoisotopic (exact) mass is 364 g/mol. The highest BCUT2D eigenvalue weighted by atomic mass is 127. The van der Waals surface area contributed by atoms with Crippen molar-refractivity contribution < 1.29 is 29.0 Å². The minimum Gasteiger partial charge on any atom is -1.00 e. The standard InChI is InChI=1S/C14H12N4.HI/c1-10-14(12-6-2-3-7-13(12)16-10)18-17-11-5-4-8-15-9-11;/h2-9,16H,1H3;1H. The molecule has 4 nitrogen and oxygen atoms in total. The van der Waals surface area contributed by atoms with E-state index in [0.717, 1.165) is 28.0 Å². The van der Waals surface area contributed by atoms with Crippen LogP contribution in [0.1, 0.15) is 5.69 Å². The van der Waals surface area contributed by atoms with Crippen LogP contribution in [-0.4, -0.2) is 4.98 Å². The molecule has 96 valence electrons. The molecule has 2 heterocycles. The number of halogens is 1. The number of fused-ring (bicyclic) bond motifs is 1. The van der Waals surface area contributed by atoms with E-state index in [9.17, 15) is 0 Å². The number of nitrogens with zero attached hydrogens (tertiary/aromatic N) is 2. The zero-order valence-electron chi connectivity index (χ0n) is 10.4. The summed E-state index contributed by atoms with van der Waals surface area (Å²) in [4.78, 5) is 6.28. The fourth-order valence-corrected chi connectivity index (χ4v) is 1.94. The Hall–Kier alpha value is -1.76. The maximum atomic E-state index is 4.34. The van der Waals surface area contributed by atoms with Crippen LogP contribution >= 0.6 is 0 Å². The van der Waals surface area contributed by atoms with Crippen LogP contribution in [-0.2, 0) is 0 Å². The van der Waals surface area contributed by atoms with Crippen molar-refractivity contribution >= 4 is 22.3 Å². The SMILES string of the molecule is Cc1[nH]c2ccccc2c1N=Nc1ccc[nH+]c1.[I-]. The van der Waals surface area contributed by atoms with Crippen molar-refractivity contribution in [3.63, 3.8) is 0 Å². The normalized spacial score (nSPS) is 10.8. The number of hydrogen-bond donors (Lipinski definition) is 1. The lowest BCUT2D eigenvalue weighted by Crippen LogP contribution is -3.00. The average Bonchev–Trinajstić information content (AvgIpc) is 2.73. The highest BCUT2D eigenvalue weighted by molar-refractivity contribution is 5.92. The van der Waals surface area contributed by atoms with Crippen LogP contribution in [0.5, 0.6) is 0 Å². The third kappa shape index (κ3) is 2.81. The second-order valence-corrected chi connectivity index (χ2v) is 4.11. The molecule has 0 amide bonds. The quantitative estimate of drug-likeness (QED) is 0.515. The van der Waals surface area contributed by atoms with Crippen LogP contribution < -0.4 is 29.0 Å². The maximum absolute atomic E-state index is 4.34. The molecule has 19 heavy (non-hydrogen) atoms. The van der Waals surface area contributed by atoms with E-state index in [2.05, 4.69) is 20.2 Å². The topological polar surface area (TPSA) is 54.6 Å². The second kappa shape index (κ2) is 5.92. The fourth-order valence-electron chi connectivity index (χ4n) is 1.94. The molecule has 2 N–H and O–H groups in total. The number of benzene rings is 1. The molecule has 0 saturated carbocycles. The molecule has 0 fully saturated rings. The number of rotatable bonds is 2. The Kier molecular flexibility index (Phi) is 4.26. The van der Waals surface area contributed by atoms with Crippen molar-refractivity contribution in [1.29, 1.82) is 0 Å². The minimum absolute atomic E-state index is 0. The summed E-state index contributed by atoms with van der Waals surface area (Å²) in [7, 11) is 0. The summed E-state index contributed by atoms with van der Waals surface area (Å²) < 4.78 is 0. The van der Waals surface area contributed by atoms with Crippen LogP contribution in [0, 0.1) is 6.92 Å². The smallest absolute Gasteiger partial charge is 0.194 e. The van der Waals surface area contributed by atoms with Crippen molar-refractivity contribution in [3.05, 3.63) is 54.5 Å². The van der Waals surface area contributed by atoms with Crippen molar-refractivity contribution in [2.45, 2.75) is 6.92 Å². The summed E-state index contributed by atoms with van der Waals surface area (Å²) in [5.74, 6) is 0. The van der Waals surface area contributed by atoms with Gasteiger partial charge in [0.15, 0.2) is 12.4 Å². The molecule has 0 spiro atoms. The lowest BCUT2D eigenvalue weighted by molar-refractivity contribution is -0.377. The first-order chi connectivity index (χ1) is 8.84. The molecule has 0 atom stereocenters. The maximum Gasteiger partial charge on any atom is 0.194 e. The molecule has 0 unspecified atom stereocenters. The second-order valence-electron chi connectivity index (χ2n) is 4.11. The number of H-pyrrole nitrogens is 2. The van der Waals surface area contributed by atoms with E-state index in [1.807, 2.05) is 55.7 Å². The first kappa shape index (κ1) is 13.7. The average molecular weight is 364 g/mol. The molecule has 0 aliphatic carbocycles. The molecule has 5 heteroatoms. The van der Waals surface area contributed by atoms with Gasteiger partial charge in [-0.15, -0.1) is 10.2 Å². The number of nitrogens with one attached hydrogen (secondary N) is 2. The van der Waals surface area contributed by atoms with Gasteiger partial charge in [0.05, 0.1) is 0 Å². The van der Waals surface area contributed by atoms with Crippen LogP contribution in [0.15, 0.2) is 59.0 Å². The number of pyridine rings is 1. The van der Waals surface area contributed by atoms with Crippen LogP contribution in [0.2, 0.25) is 0 Å². The van der Waals surface area contributed by atoms with Gasteiger partial charge < -0.3 is 29.0 Å². The first-order valence-electron chi connectivity index (χ1n) is 5.80. The molecular weight excluding hydrogens is 351 g/mol. The van der Waals surface area contributed by atoms with Gasteiger partial charge in [-0.3, -0.25) is 0 Å². The number of aromatic nitrogens is 2. The Morgan fingerprint density at radius 1 is 1.05 bits per heavy atom. The summed E-state index contributed by atoms with van der Waals surface area (Å²) in [6.45, 7) is 2.01. The van der Waals surface area contributed by atoms with Gasteiger partial charge in [0.25, 0.3) is 0 Å². The summed E-state index contributed by atoms with van der Waals surface area (Å²) in [6.07, 6.45) is 3.66. The molecule has 1 aromatic carbocycles. The van der Waals surface area contributed by atoms with Crippen LogP contribution in [0.4, 0.5) is 11.4 Å². The van der Waals surface area contributed by atoms with Gasteiger partial charge in [0.2, 0.25) is 0 Å².